The minimum atomic E-state index is -0.663. The van der Waals surface area contributed by atoms with Crippen molar-refractivity contribution in [3.05, 3.63) is 11.9 Å². The number of hydrogen-bond donors (Lipinski definition) is 1. The van der Waals surface area contributed by atoms with E-state index >= 15 is 0 Å². The third-order valence-corrected chi connectivity index (χ3v) is 3.78. The Morgan fingerprint density at radius 3 is 3.06 bits per heavy atom. The van der Waals surface area contributed by atoms with Crippen LogP contribution in [0.15, 0.2) is 6.20 Å². The summed E-state index contributed by atoms with van der Waals surface area (Å²) in [4.78, 5) is 0. The fraction of sp³-hybridized carbons (Fsp3) is 0.818. The monoisotopic (exact) mass is 253 g/mol. The molecule has 1 aromatic heterocycles. The van der Waals surface area contributed by atoms with Gasteiger partial charge in [-0.2, -0.15) is 0 Å². The molecule has 4 heterocycles. The molecular formula is C11H15N3O4. The summed E-state index contributed by atoms with van der Waals surface area (Å²) in [5.41, 5.74) is 0.904. The molecule has 98 valence electrons. The molecule has 1 N–H and O–H groups in total. The van der Waals surface area contributed by atoms with Crippen molar-refractivity contribution in [1.82, 2.24) is 15.0 Å². The molecule has 4 rings (SSSR count). The average Bonchev–Trinajstić information content (AvgIpc) is 2.89. The summed E-state index contributed by atoms with van der Waals surface area (Å²) in [6.07, 6.45) is 0.567. The van der Waals surface area contributed by atoms with Crippen LogP contribution in [0.1, 0.15) is 25.6 Å². The number of hydrogen-bond acceptors (Lipinski definition) is 6. The normalized spacial score (nSPS) is 44.5. The lowest BCUT2D eigenvalue weighted by Crippen LogP contribution is -2.44. The number of ether oxygens (including phenoxy) is 3. The fourth-order valence-electron chi connectivity index (χ4n) is 3.11. The van der Waals surface area contributed by atoms with Crippen molar-refractivity contribution in [1.29, 1.82) is 0 Å². The minimum absolute atomic E-state index is 0.168. The van der Waals surface area contributed by atoms with E-state index in [1.807, 2.05) is 13.8 Å². The predicted molar refractivity (Wildman–Crippen MR) is 57.5 cm³/mol. The van der Waals surface area contributed by atoms with Gasteiger partial charge in [-0.15, -0.1) is 5.10 Å². The van der Waals surface area contributed by atoms with Gasteiger partial charge in [0.25, 0.3) is 0 Å². The maximum Gasteiger partial charge on any atom is 0.189 e. The third kappa shape index (κ3) is 1.33. The summed E-state index contributed by atoms with van der Waals surface area (Å²) < 4.78 is 19.1. The Bertz CT molecular complexity index is 488. The Labute approximate surface area is 104 Å². The van der Waals surface area contributed by atoms with Crippen LogP contribution in [0.5, 0.6) is 0 Å². The molecule has 3 aliphatic rings. The van der Waals surface area contributed by atoms with Crippen LogP contribution in [0.2, 0.25) is 0 Å². The number of aliphatic hydroxyl groups is 1. The van der Waals surface area contributed by atoms with E-state index in [0.717, 1.165) is 5.69 Å². The zero-order chi connectivity index (χ0) is 12.5. The first-order chi connectivity index (χ1) is 8.55. The Kier molecular flexibility index (Phi) is 1.99. The van der Waals surface area contributed by atoms with Gasteiger partial charge in [0.15, 0.2) is 12.1 Å². The maximum absolute atomic E-state index is 10.1. The van der Waals surface area contributed by atoms with Crippen molar-refractivity contribution in [2.45, 2.75) is 56.7 Å². The van der Waals surface area contributed by atoms with Gasteiger partial charge in [0.2, 0.25) is 0 Å². The second-order valence-corrected chi connectivity index (χ2v) is 5.50. The van der Waals surface area contributed by atoms with Crippen LogP contribution in [0, 0.1) is 0 Å². The molecule has 0 amide bonds. The van der Waals surface area contributed by atoms with Crippen LogP contribution in [-0.2, 0) is 20.6 Å². The van der Waals surface area contributed by atoms with Gasteiger partial charge in [0, 0.05) is 6.42 Å². The van der Waals surface area contributed by atoms with E-state index in [1.54, 1.807) is 10.9 Å². The van der Waals surface area contributed by atoms with Crippen molar-refractivity contribution in [2.24, 2.45) is 0 Å². The largest absolute Gasteiger partial charge is 0.390 e. The zero-order valence-corrected chi connectivity index (χ0v) is 10.2. The Morgan fingerprint density at radius 1 is 1.39 bits per heavy atom. The number of nitrogens with zero attached hydrogens (tertiary/aromatic N) is 3. The molecule has 1 aromatic rings. The highest BCUT2D eigenvalue weighted by atomic mass is 16.8. The van der Waals surface area contributed by atoms with Gasteiger partial charge in [-0.25, -0.2) is 4.68 Å². The van der Waals surface area contributed by atoms with Gasteiger partial charge in [0.1, 0.15) is 18.2 Å². The number of fused-ring (bicyclic) bond motifs is 5. The van der Waals surface area contributed by atoms with Gasteiger partial charge in [-0.1, -0.05) is 5.21 Å². The highest BCUT2D eigenvalue weighted by Gasteiger charge is 2.59. The topological polar surface area (TPSA) is 78.6 Å². The molecule has 3 aliphatic heterocycles. The minimum Gasteiger partial charge on any atom is -0.390 e. The Hall–Kier alpha value is -1.02. The third-order valence-electron chi connectivity index (χ3n) is 3.78. The van der Waals surface area contributed by atoms with Crippen LogP contribution in [-0.4, -0.2) is 50.5 Å². The molecule has 7 heteroatoms. The summed E-state index contributed by atoms with van der Waals surface area (Å²) >= 11 is 0. The van der Waals surface area contributed by atoms with Crippen molar-refractivity contribution in [2.75, 3.05) is 0 Å². The molecule has 0 aromatic carbocycles. The van der Waals surface area contributed by atoms with Crippen molar-refractivity contribution in [3.8, 4) is 0 Å². The molecule has 2 fully saturated rings. The van der Waals surface area contributed by atoms with Crippen LogP contribution < -0.4 is 0 Å². The summed E-state index contributed by atoms with van der Waals surface area (Å²) in [5.74, 6) is -0.663. The summed E-state index contributed by atoms with van der Waals surface area (Å²) in [5, 5.41) is 18.1. The molecule has 2 saturated heterocycles. The summed E-state index contributed by atoms with van der Waals surface area (Å²) in [7, 11) is 0. The lowest BCUT2D eigenvalue weighted by atomic mass is 9.95. The van der Waals surface area contributed by atoms with Crippen LogP contribution in [0.4, 0.5) is 0 Å². The number of aliphatic hydroxyl groups excluding tert-OH is 1. The second kappa shape index (κ2) is 3.30. The molecule has 0 aliphatic carbocycles. The van der Waals surface area contributed by atoms with Gasteiger partial charge in [-0.3, -0.25) is 0 Å². The summed E-state index contributed by atoms with van der Waals surface area (Å²) in [6, 6.07) is -0.168. The first kappa shape index (κ1) is 10.9. The highest BCUT2D eigenvalue weighted by molar-refractivity contribution is 5.11. The van der Waals surface area contributed by atoms with Gasteiger partial charge < -0.3 is 19.3 Å². The van der Waals surface area contributed by atoms with Crippen LogP contribution in [0.25, 0.3) is 0 Å². The molecule has 0 unspecified atom stereocenters. The van der Waals surface area contributed by atoms with Crippen molar-refractivity contribution < 1.29 is 19.3 Å². The first-order valence-electron chi connectivity index (χ1n) is 6.13. The summed E-state index contributed by atoms with van der Waals surface area (Å²) in [6.45, 7) is 3.70. The Balaban J connectivity index is 1.75. The van der Waals surface area contributed by atoms with E-state index < -0.39 is 18.2 Å². The molecule has 0 bridgehead atoms. The second-order valence-electron chi connectivity index (χ2n) is 5.50. The molecule has 7 nitrogen and oxygen atoms in total. The maximum atomic E-state index is 10.1. The molecule has 0 radical (unpaired) electrons. The standard InChI is InChI=1S/C11H15N3O4/c1-11(2)17-9-7-8(16-10(9)18-11)6(15)3-5-4-12-13-14(5)7/h4,6-10,15H,3H2,1-2H3/t6-,7+,8-,9-,10-/m1/s1. The quantitative estimate of drug-likeness (QED) is 0.678. The highest BCUT2D eigenvalue weighted by Crippen LogP contribution is 2.45. The van der Waals surface area contributed by atoms with E-state index in [0.29, 0.717) is 6.42 Å². The average molecular weight is 253 g/mol. The first-order valence-corrected chi connectivity index (χ1v) is 6.13. The SMILES string of the molecule is CC1(C)O[C@H]2O[C@H]3[C@@H]([C@H]2O1)n1nncc1C[C@H]3O. The van der Waals surface area contributed by atoms with E-state index in [-0.39, 0.29) is 18.2 Å². The number of rotatable bonds is 0. The number of aromatic nitrogens is 3. The molecule has 18 heavy (non-hydrogen) atoms. The van der Waals surface area contributed by atoms with E-state index in [4.69, 9.17) is 14.2 Å². The van der Waals surface area contributed by atoms with E-state index in [1.165, 1.54) is 0 Å². The van der Waals surface area contributed by atoms with Crippen LogP contribution in [0.3, 0.4) is 0 Å². The smallest absolute Gasteiger partial charge is 0.189 e. The zero-order valence-electron chi connectivity index (χ0n) is 10.2. The van der Waals surface area contributed by atoms with E-state index in [2.05, 4.69) is 10.3 Å². The van der Waals surface area contributed by atoms with E-state index in [9.17, 15) is 5.11 Å². The van der Waals surface area contributed by atoms with Gasteiger partial charge in [0.05, 0.1) is 18.0 Å². The fourth-order valence-corrected chi connectivity index (χ4v) is 3.11. The molecule has 0 saturated carbocycles. The van der Waals surface area contributed by atoms with Crippen molar-refractivity contribution >= 4 is 0 Å². The molecule has 5 atom stereocenters. The molecule has 0 spiro atoms. The Morgan fingerprint density at radius 2 is 2.22 bits per heavy atom. The van der Waals surface area contributed by atoms with Crippen LogP contribution >= 0.6 is 0 Å². The predicted octanol–water partition coefficient (Wildman–Crippen LogP) is -0.387. The molecular weight excluding hydrogens is 238 g/mol. The lowest BCUT2D eigenvalue weighted by Gasteiger charge is -2.32. The van der Waals surface area contributed by atoms with Gasteiger partial charge in [-0.05, 0) is 13.8 Å². The van der Waals surface area contributed by atoms with Gasteiger partial charge >= 0.3 is 0 Å². The lowest BCUT2D eigenvalue weighted by molar-refractivity contribution is -0.221. The van der Waals surface area contributed by atoms with Crippen molar-refractivity contribution in [3.63, 3.8) is 0 Å².